The number of H-pyrrole nitrogens is 1. The molecule has 0 amide bonds. The Morgan fingerprint density at radius 3 is 2.59 bits per heavy atom. The van der Waals surface area contributed by atoms with Crippen LogP contribution in [0.3, 0.4) is 0 Å². The molecule has 7 heteroatoms. The molecule has 22 heavy (non-hydrogen) atoms. The number of nitrogens with zero attached hydrogens (tertiary/aromatic N) is 2. The maximum atomic E-state index is 12.0. The number of Topliss-reactive ketones (excluding diaryl/α,β-unsaturated/α-hetero) is 1. The van der Waals surface area contributed by atoms with Gasteiger partial charge in [-0.2, -0.15) is 5.26 Å². The lowest BCUT2D eigenvalue weighted by Gasteiger charge is -2.13. The highest BCUT2D eigenvalue weighted by atomic mass is 32.1. The van der Waals surface area contributed by atoms with Gasteiger partial charge in [0, 0.05) is 22.9 Å². The van der Waals surface area contributed by atoms with Crippen LogP contribution in [0.25, 0.3) is 11.1 Å². The smallest absolute Gasteiger partial charge is 0.277 e. The zero-order chi connectivity index (χ0) is 16.4. The van der Waals surface area contributed by atoms with Crippen LogP contribution in [0.5, 0.6) is 0 Å². The highest BCUT2D eigenvalue weighted by Crippen LogP contribution is 2.35. The number of carbonyl (C=O) groups is 1. The molecular weight excluding hydrogens is 302 g/mol. The average Bonchev–Trinajstić information content (AvgIpc) is 2.45. The van der Waals surface area contributed by atoms with Gasteiger partial charge in [0.05, 0.1) is 16.1 Å². The lowest BCUT2D eigenvalue weighted by atomic mass is 9.92. The number of rotatable bonds is 3. The Kier molecular flexibility index (Phi) is 4.15. The summed E-state index contributed by atoms with van der Waals surface area (Å²) >= 11 is 5.12. The van der Waals surface area contributed by atoms with Crippen molar-refractivity contribution in [1.82, 2.24) is 4.98 Å². The number of benzene rings is 1. The summed E-state index contributed by atoms with van der Waals surface area (Å²) < 4.78 is 0.151. The molecule has 0 saturated heterocycles. The molecular formula is C15H11N3O3S. The highest BCUT2D eigenvalue weighted by molar-refractivity contribution is 7.71. The number of nitro benzene ring substituents is 1. The maximum absolute atomic E-state index is 12.0. The molecule has 0 unspecified atom stereocenters. The molecule has 1 heterocycles. The monoisotopic (exact) mass is 313 g/mol. The number of aryl methyl sites for hydroxylation is 1. The zero-order valence-electron chi connectivity index (χ0n) is 11.8. The van der Waals surface area contributed by atoms with Gasteiger partial charge in [-0.1, -0.05) is 24.4 Å². The van der Waals surface area contributed by atoms with Crippen LogP contribution in [0.4, 0.5) is 5.69 Å². The fourth-order valence-electron chi connectivity index (χ4n) is 2.38. The third kappa shape index (κ3) is 2.52. The minimum absolute atomic E-state index is 0.0556. The molecule has 0 aliphatic rings. The summed E-state index contributed by atoms with van der Waals surface area (Å²) in [5.41, 5.74) is 1.01. The van der Waals surface area contributed by atoms with Crippen LogP contribution in [0, 0.1) is 33.0 Å². The minimum atomic E-state index is -0.546. The fourth-order valence-corrected chi connectivity index (χ4v) is 2.68. The van der Waals surface area contributed by atoms with Crippen molar-refractivity contribution in [2.45, 2.75) is 13.8 Å². The quantitative estimate of drug-likeness (QED) is 0.403. The molecule has 6 nitrogen and oxygen atoms in total. The van der Waals surface area contributed by atoms with Crippen molar-refractivity contribution in [3.63, 3.8) is 0 Å². The number of nitro groups is 1. The van der Waals surface area contributed by atoms with Crippen LogP contribution in [-0.4, -0.2) is 15.7 Å². The highest BCUT2D eigenvalue weighted by Gasteiger charge is 2.24. The molecule has 1 aromatic heterocycles. The van der Waals surface area contributed by atoms with E-state index >= 15 is 0 Å². The first-order valence-corrected chi connectivity index (χ1v) is 6.71. The van der Waals surface area contributed by atoms with Crippen molar-refractivity contribution in [2.75, 3.05) is 0 Å². The lowest BCUT2D eigenvalue weighted by molar-refractivity contribution is -0.384. The third-order valence-electron chi connectivity index (χ3n) is 3.24. The molecule has 0 spiro atoms. The molecule has 0 aliphatic carbocycles. The number of ketones is 1. The van der Waals surface area contributed by atoms with E-state index in [-0.39, 0.29) is 38.4 Å². The van der Waals surface area contributed by atoms with E-state index in [2.05, 4.69) is 4.98 Å². The molecule has 0 atom stereocenters. The molecule has 2 rings (SSSR count). The number of hydrogen-bond acceptors (Lipinski definition) is 5. The number of hydrogen-bond donors (Lipinski definition) is 1. The van der Waals surface area contributed by atoms with Crippen molar-refractivity contribution >= 4 is 23.7 Å². The van der Waals surface area contributed by atoms with Gasteiger partial charge in [0.25, 0.3) is 5.69 Å². The zero-order valence-corrected chi connectivity index (χ0v) is 12.7. The number of para-hydroxylation sites is 1. The first-order valence-electron chi connectivity index (χ1n) is 6.30. The molecule has 1 aromatic carbocycles. The molecule has 0 aliphatic heterocycles. The maximum Gasteiger partial charge on any atom is 0.277 e. The van der Waals surface area contributed by atoms with Gasteiger partial charge in [-0.3, -0.25) is 14.9 Å². The summed E-state index contributed by atoms with van der Waals surface area (Å²) in [5.74, 6) is -0.298. The first-order chi connectivity index (χ1) is 10.4. The summed E-state index contributed by atoms with van der Waals surface area (Å²) in [6, 6.07) is 7.92. The summed E-state index contributed by atoms with van der Waals surface area (Å²) in [5, 5.41) is 20.6. The van der Waals surface area contributed by atoms with E-state index in [1.807, 2.05) is 6.07 Å². The molecule has 1 N–H and O–H groups in total. The molecule has 110 valence electrons. The number of aromatic nitrogens is 1. The Bertz CT molecular complexity index is 894. The Morgan fingerprint density at radius 2 is 2.05 bits per heavy atom. The van der Waals surface area contributed by atoms with E-state index in [0.29, 0.717) is 5.69 Å². The largest absolute Gasteiger partial charge is 0.349 e. The number of pyridine rings is 1. The Balaban J connectivity index is 3.04. The van der Waals surface area contributed by atoms with Gasteiger partial charge in [0.15, 0.2) is 5.78 Å². The average molecular weight is 313 g/mol. The number of nitrogens with one attached hydrogen (secondary N) is 1. The molecule has 0 bridgehead atoms. The van der Waals surface area contributed by atoms with E-state index < -0.39 is 4.92 Å². The molecule has 0 fully saturated rings. The Labute approximate surface area is 131 Å². The van der Waals surface area contributed by atoms with E-state index in [4.69, 9.17) is 12.2 Å². The second-order valence-electron chi connectivity index (χ2n) is 4.65. The van der Waals surface area contributed by atoms with Crippen molar-refractivity contribution in [2.24, 2.45) is 0 Å². The third-order valence-corrected chi connectivity index (χ3v) is 3.54. The normalized spacial score (nSPS) is 10.0. The molecule has 0 radical (unpaired) electrons. The second-order valence-corrected chi connectivity index (χ2v) is 5.05. The summed E-state index contributed by atoms with van der Waals surface area (Å²) in [7, 11) is 0. The van der Waals surface area contributed by atoms with Crippen LogP contribution < -0.4 is 0 Å². The second kappa shape index (κ2) is 5.87. The van der Waals surface area contributed by atoms with Gasteiger partial charge in [-0.15, -0.1) is 0 Å². The van der Waals surface area contributed by atoms with Crippen molar-refractivity contribution in [1.29, 1.82) is 5.26 Å². The first kappa shape index (κ1) is 15.5. The summed E-state index contributed by atoms with van der Waals surface area (Å²) in [6.07, 6.45) is 0. The lowest BCUT2D eigenvalue weighted by Crippen LogP contribution is -2.07. The van der Waals surface area contributed by atoms with E-state index in [1.165, 1.54) is 25.1 Å². The van der Waals surface area contributed by atoms with Gasteiger partial charge < -0.3 is 4.98 Å². The predicted molar refractivity (Wildman–Crippen MR) is 83.2 cm³/mol. The van der Waals surface area contributed by atoms with Crippen LogP contribution in [0.15, 0.2) is 24.3 Å². The van der Waals surface area contributed by atoms with Gasteiger partial charge >= 0.3 is 0 Å². The summed E-state index contributed by atoms with van der Waals surface area (Å²) in [4.78, 5) is 25.5. The number of carbonyl (C=O) groups excluding carboxylic acids is 1. The van der Waals surface area contributed by atoms with Crippen molar-refractivity contribution < 1.29 is 9.72 Å². The number of nitriles is 1. The Morgan fingerprint density at radius 1 is 1.41 bits per heavy atom. The van der Waals surface area contributed by atoms with E-state index in [0.717, 1.165) is 0 Å². The van der Waals surface area contributed by atoms with E-state index in [9.17, 15) is 20.2 Å². The molecule has 2 aromatic rings. The van der Waals surface area contributed by atoms with Crippen LogP contribution in [0.2, 0.25) is 0 Å². The van der Waals surface area contributed by atoms with E-state index in [1.54, 1.807) is 13.0 Å². The standard InChI is InChI=1S/C15H11N3O3S/c1-8-13(9(2)19)14(11(7-16)15(22)17-8)10-5-3-4-6-12(10)18(20)21/h3-6H,1-2H3,(H,17,22). The van der Waals surface area contributed by atoms with Crippen LogP contribution in [0.1, 0.15) is 28.5 Å². The van der Waals surface area contributed by atoms with Crippen LogP contribution >= 0.6 is 12.2 Å². The van der Waals surface area contributed by atoms with Crippen molar-refractivity contribution in [3.8, 4) is 17.2 Å². The van der Waals surface area contributed by atoms with Gasteiger partial charge in [0.2, 0.25) is 0 Å². The predicted octanol–water partition coefficient (Wildman–Crippen LogP) is 3.70. The van der Waals surface area contributed by atoms with Gasteiger partial charge in [-0.05, 0) is 19.9 Å². The SMILES string of the molecule is CC(=O)c1c(C)[nH]c(=S)c(C#N)c1-c1ccccc1[N+](=O)[O-]. The fraction of sp³-hybridized carbons (Fsp3) is 0.133. The van der Waals surface area contributed by atoms with Crippen LogP contribution in [-0.2, 0) is 0 Å². The van der Waals surface area contributed by atoms with Gasteiger partial charge in [-0.25, -0.2) is 0 Å². The summed E-state index contributed by atoms with van der Waals surface area (Å²) in [6.45, 7) is 2.99. The van der Waals surface area contributed by atoms with Gasteiger partial charge in [0.1, 0.15) is 10.7 Å². The minimum Gasteiger partial charge on any atom is -0.349 e. The molecule has 0 saturated carbocycles. The Hall–Kier alpha value is -2.85. The van der Waals surface area contributed by atoms with Crippen molar-refractivity contribution in [3.05, 3.63) is 55.8 Å². The number of aromatic amines is 1. The topological polar surface area (TPSA) is 99.8 Å².